The molecule has 1 N–H and O–H groups in total. The summed E-state index contributed by atoms with van der Waals surface area (Å²) in [5.41, 5.74) is 0.385. The first-order chi connectivity index (χ1) is 11.1. The van der Waals surface area contributed by atoms with E-state index in [4.69, 9.17) is 4.74 Å². The summed E-state index contributed by atoms with van der Waals surface area (Å²) in [6.07, 6.45) is 1.94. The minimum absolute atomic E-state index is 0.0238. The van der Waals surface area contributed by atoms with Crippen LogP contribution in [0.4, 0.5) is 5.69 Å². The molecule has 9 heteroatoms. The smallest absolute Gasteiger partial charge is 0.344 e. The van der Waals surface area contributed by atoms with E-state index >= 15 is 0 Å². The first-order valence-electron chi connectivity index (χ1n) is 7.27. The highest BCUT2D eigenvalue weighted by atomic mass is 32.2. The van der Waals surface area contributed by atoms with Gasteiger partial charge in [-0.05, 0) is 12.8 Å². The Morgan fingerprint density at radius 1 is 1.48 bits per heavy atom. The molecule has 1 fully saturated rings. The van der Waals surface area contributed by atoms with Crippen molar-refractivity contribution in [1.82, 2.24) is 14.8 Å². The third kappa shape index (κ3) is 3.62. The SMILES string of the molecule is O=c1[nH]nc(SCc2ccccc2[N+](=O)[O-])n1CC1CCCO1. The van der Waals surface area contributed by atoms with Crippen LogP contribution >= 0.6 is 11.8 Å². The highest BCUT2D eigenvalue weighted by Gasteiger charge is 2.20. The summed E-state index contributed by atoms with van der Waals surface area (Å²) in [6, 6.07) is 6.57. The second kappa shape index (κ2) is 6.97. The van der Waals surface area contributed by atoms with Crippen LogP contribution in [0.5, 0.6) is 0 Å². The van der Waals surface area contributed by atoms with Crippen LogP contribution in [-0.4, -0.2) is 32.4 Å². The number of thioether (sulfide) groups is 1. The van der Waals surface area contributed by atoms with Crippen LogP contribution in [0, 0.1) is 10.1 Å². The fraction of sp³-hybridized carbons (Fsp3) is 0.429. The zero-order valence-electron chi connectivity index (χ0n) is 12.3. The van der Waals surface area contributed by atoms with E-state index in [-0.39, 0.29) is 17.5 Å². The van der Waals surface area contributed by atoms with Gasteiger partial charge in [-0.1, -0.05) is 30.0 Å². The van der Waals surface area contributed by atoms with Gasteiger partial charge in [0.15, 0.2) is 5.16 Å². The second-order valence-electron chi connectivity index (χ2n) is 5.23. The van der Waals surface area contributed by atoms with E-state index in [2.05, 4.69) is 10.2 Å². The molecule has 1 atom stereocenters. The first-order valence-corrected chi connectivity index (χ1v) is 8.25. The van der Waals surface area contributed by atoms with Crippen molar-refractivity contribution in [3.05, 3.63) is 50.4 Å². The molecule has 1 aliphatic heterocycles. The number of ether oxygens (including phenoxy) is 1. The first kappa shape index (κ1) is 15.8. The predicted octanol–water partition coefficient (Wildman–Crippen LogP) is 1.95. The summed E-state index contributed by atoms with van der Waals surface area (Å²) in [5, 5.41) is 18.0. The average molecular weight is 336 g/mol. The van der Waals surface area contributed by atoms with Gasteiger partial charge >= 0.3 is 5.69 Å². The number of nitrogens with one attached hydrogen (secondary N) is 1. The van der Waals surface area contributed by atoms with E-state index < -0.39 is 4.92 Å². The number of rotatable bonds is 6. The van der Waals surface area contributed by atoms with Crippen molar-refractivity contribution in [2.45, 2.75) is 36.4 Å². The van der Waals surface area contributed by atoms with Crippen LogP contribution < -0.4 is 5.69 Å². The van der Waals surface area contributed by atoms with Crippen LogP contribution in [-0.2, 0) is 17.0 Å². The van der Waals surface area contributed by atoms with Gasteiger partial charge in [-0.2, -0.15) is 0 Å². The molecule has 0 bridgehead atoms. The van der Waals surface area contributed by atoms with Crippen molar-refractivity contribution < 1.29 is 9.66 Å². The Bertz CT molecular complexity index is 751. The fourth-order valence-electron chi connectivity index (χ4n) is 2.52. The minimum atomic E-state index is -0.403. The van der Waals surface area contributed by atoms with Crippen LogP contribution in [0.3, 0.4) is 0 Å². The van der Waals surface area contributed by atoms with Crippen molar-refractivity contribution in [2.75, 3.05) is 6.61 Å². The number of nitrogens with zero attached hydrogens (tertiary/aromatic N) is 3. The van der Waals surface area contributed by atoms with Gasteiger partial charge in [0.1, 0.15) is 0 Å². The highest BCUT2D eigenvalue weighted by Crippen LogP contribution is 2.26. The van der Waals surface area contributed by atoms with Crippen LogP contribution in [0.1, 0.15) is 18.4 Å². The molecule has 0 saturated carbocycles. The molecule has 3 rings (SSSR count). The molecule has 8 nitrogen and oxygen atoms in total. The second-order valence-corrected chi connectivity index (χ2v) is 6.17. The Morgan fingerprint density at radius 2 is 2.30 bits per heavy atom. The number of hydrogen-bond donors (Lipinski definition) is 1. The molecule has 0 radical (unpaired) electrons. The van der Waals surface area contributed by atoms with E-state index in [0.717, 1.165) is 19.4 Å². The van der Waals surface area contributed by atoms with Gasteiger partial charge in [-0.15, -0.1) is 5.10 Å². The lowest BCUT2D eigenvalue weighted by Crippen LogP contribution is -2.24. The van der Waals surface area contributed by atoms with Crippen molar-refractivity contribution in [3.8, 4) is 0 Å². The molecular weight excluding hydrogens is 320 g/mol. The zero-order valence-corrected chi connectivity index (χ0v) is 13.1. The van der Waals surface area contributed by atoms with Crippen LogP contribution in [0.25, 0.3) is 0 Å². The van der Waals surface area contributed by atoms with E-state index in [1.807, 2.05) is 0 Å². The predicted molar refractivity (Wildman–Crippen MR) is 84.5 cm³/mol. The van der Waals surface area contributed by atoms with Gasteiger partial charge in [0, 0.05) is 24.0 Å². The summed E-state index contributed by atoms with van der Waals surface area (Å²) < 4.78 is 7.09. The molecule has 2 heterocycles. The Balaban J connectivity index is 1.74. The minimum Gasteiger partial charge on any atom is -0.376 e. The molecule has 1 aliphatic rings. The molecule has 1 saturated heterocycles. The molecule has 23 heavy (non-hydrogen) atoms. The van der Waals surface area contributed by atoms with Crippen molar-refractivity contribution in [1.29, 1.82) is 0 Å². The topological polar surface area (TPSA) is 103 Å². The molecule has 0 aliphatic carbocycles. The zero-order chi connectivity index (χ0) is 16.2. The Morgan fingerprint density at radius 3 is 3.04 bits per heavy atom. The molecule has 1 aromatic heterocycles. The summed E-state index contributed by atoms with van der Waals surface area (Å²) in [4.78, 5) is 22.5. The Kier molecular flexibility index (Phi) is 4.77. The maximum Gasteiger partial charge on any atom is 0.344 e. The number of benzene rings is 1. The van der Waals surface area contributed by atoms with E-state index in [9.17, 15) is 14.9 Å². The van der Waals surface area contributed by atoms with Gasteiger partial charge < -0.3 is 4.74 Å². The third-order valence-corrected chi connectivity index (χ3v) is 4.70. The number of nitro groups is 1. The molecular formula is C14H16N4O4S. The standard InChI is InChI=1S/C14H16N4O4S/c19-13-15-16-14(17(13)8-11-5-3-7-22-11)23-9-10-4-1-2-6-12(10)18(20)21/h1-2,4,6,11H,3,5,7-9H2,(H,15,19). The van der Waals surface area contributed by atoms with Crippen molar-refractivity contribution >= 4 is 17.4 Å². The summed E-state index contributed by atoms with van der Waals surface area (Å²) in [6.45, 7) is 1.17. The van der Waals surface area contributed by atoms with Crippen LogP contribution in [0.15, 0.2) is 34.2 Å². The largest absolute Gasteiger partial charge is 0.376 e. The molecule has 1 unspecified atom stereocenters. The number of nitro benzene ring substituents is 1. The van der Waals surface area contributed by atoms with Gasteiger partial charge in [-0.25, -0.2) is 9.89 Å². The monoisotopic (exact) mass is 336 g/mol. The summed E-state index contributed by atoms with van der Waals surface area (Å²) in [5.74, 6) is 0.368. The highest BCUT2D eigenvalue weighted by molar-refractivity contribution is 7.98. The van der Waals surface area contributed by atoms with Gasteiger partial charge in [0.2, 0.25) is 0 Å². The quantitative estimate of drug-likeness (QED) is 0.491. The van der Waals surface area contributed by atoms with Gasteiger partial charge in [0.05, 0.1) is 17.6 Å². The maximum atomic E-state index is 11.9. The Labute approximate surface area is 136 Å². The average Bonchev–Trinajstić information content (AvgIpc) is 3.17. The molecule has 2 aromatic rings. The van der Waals surface area contributed by atoms with Crippen LogP contribution in [0.2, 0.25) is 0 Å². The van der Waals surface area contributed by atoms with E-state index in [0.29, 0.717) is 23.0 Å². The van der Waals surface area contributed by atoms with Gasteiger partial charge in [0.25, 0.3) is 5.69 Å². The lowest BCUT2D eigenvalue weighted by Gasteiger charge is -2.11. The lowest BCUT2D eigenvalue weighted by atomic mass is 10.2. The number of aromatic nitrogens is 3. The molecule has 0 amide bonds. The molecule has 0 spiro atoms. The lowest BCUT2D eigenvalue weighted by molar-refractivity contribution is -0.385. The number of H-pyrrole nitrogens is 1. The normalized spacial score (nSPS) is 17.5. The van der Waals surface area contributed by atoms with Gasteiger partial charge in [-0.3, -0.25) is 14.7 Å². The summed E-state index contributed by atoms with van der Waals surface area (Å²) >= 11 is 1.30. The number of para-hydroxylation sites is 1. The molecule has 1 aromatic carbocycles. The number of hydrogen-bond acceptors (Lipinski definition) is 6. The maximum absolute atomic E-state index is 11.9. The van der Waals surface area contributed by atoms with Crippen molar-refractivity contribution in [2.24, 2.45) is 0 Å². The van der Waals surface area contributed by atoms with Crippen molar-refractivity contribution in [3.63, 3.8) is 0 Å². The van der Waals surface area contributed by atoms with E-state index in [1.54, 1.807) is 18.2 Å². The van der Waals surface area contributed by atoms with E-state index in [1.165, 1.54) is 22.4 Å². The number of aromatic amines is 1. The fourth-order valence-corrected chi connectivity index (χ4v) is 3.47. The third-order valence-electron chi connectivity index (χ3n) is 3.68. The molecule has 122 valence electrons. The Hall–Kier alpha value is -2.13. The summed E-state index contributed by atoms with van der Waals surface area (Å²) in [7, 11) is 0.